The molecular formula is C27H21F2N5O4. The van der Waals surface area contributed by atoms with Crippen molar-refractivity contribution in [3.8, 4) is 34.0 Å². The molecule has 3 aromatic carbocycles. The third-order valence-electron chi connectivity index (χ3n) is 6.95. The summed E-state index contributed by atoms with van der Waals surface area (Å²) in [6.07, 6.45) is 1.19. The number of hydrogen-bond acceptors (Lipinski definition) is 7. The van der Waals surface area contributed by atoms with Gasteiger partial charge in [-0.1, -0.05) is 41.6 Å². The minimum absolute atomic E-state index is 0.0272. The molecule has 4 atom stereocenters. The van der Waals surface area contributed by atoms with E-state index in [9.17, 15) is 5.11 Å². The monoisotopic (exact) mass is 517 g/mol. The van der Waals surface area contributed by atoms with Crippen LogP contribution in [0.1, 0.15) is 0 Å². The zero-order valence-electron chi connectivity index (χ0n) is 19.8. The Morgan fingerprint density at radius 1 is 0.947 bits per heavy atom. The van der Waals surface area contributed by atoms with Crippen LogP contribution in [0.5, 0.6) is 6.01 Å². The molecule has 2 N–H and O–H groups in total. The first-order chi connectivity index (χ1) is 18.5. The Bertz CT molecular complexity index is 1610. The van der Waals surface area contributed by atoms with Gasteiger partial charge in [-0.15, -0.1) is 5.10 Å². The highest BCUT2D eigenvalue weighted by Gasteiger charge is 2.48. The zero-order valence-corrected chi connectivity index (χ0v) is 19.8. The van der Waals surface area contributed by atoms with Gasteiger partial charge in [-0.05, 0) is 28.8 Å². The van der Waals surface area contributed by atoms with E-state index in [4.69, 9.17) is 14.2 Å². The van der Waals surface area contributed by atoms with Crippen molar-refractivity contribution in [2.45, 2.75) is 24.4 Å². The van der Waals surface area contributed by atoms with Crippen molar-refractivity contribution in [1.29, 1.82) is 0 Å². The van der Waals surface area contributed by atoms with Crippen LogP contribution < -0.4 is 4.74 Å². The van der Waals surface area contributed by atoms with Gasteiger partial charge in [-0.3, -0.25) is 0 Å². The molecule has 2 aliphatic rings. The maximum Gasteiger partial charge on any atom is 0.295 e. The molecule has 4 unspecified atom stereocenters. The summed E-state index contributed by atoms with van der Waals surface area (Å²) in [6, 6.07) is 15.9. The number of ether oxygens (including phenoxy) is 3. The fourth-order valence-corrected chi connectivity index (χ4v) is 5.05. The van der Waals surface area contributed by atoms with Crippen molar-refractivity contribution in [2.75, 3.05) is 13.2 Å². The van der Waals surface area contributed by atoms with Crippen molar-refractivity contribution >= 4 is 11.0 Å². The molecule has 2 aliphatic heterocycles. The maximum atomic E-state index is 15.5. The van der Waals surface area contributed by atoms with Crippen molar-refractivity contribution < 1.29 is 28.1 Å². The molecule has 11 heteroatoms. The number of fused-ring (bicyclic) bond motifs is 2. The van der Waals surface area contributed by atoms with Gasteiger partial charge in [-0.2, -0.15) is 4.98 Å². The van der Waals surface area contributed by atoms with Crippen LogP contribution in [0.4, 0.5) is 8.78 Å². The van der Waals surface area contributed by atoms with Gasteiger partial charge in [0.1, 0.15) is 29.6 Å². The highest BCUT2D eigenvalue weighted by molar-refractivity contribution is 5.84. The lowest BCUT2D eigenvalue weighted by Gasteiger charge is -2.15. The third-order valence-corrected chi connectivity index (χ3v) is 6.95. The summed E-state index contributed by atoms with van der Waals surface area (Å²) < 4.78 is 49.2. The molecule has 2 saturated heterocycles. The van der Waals surface area contributed by atoms with Crippen molar-refractivity contribution in [3.63, 3.8) is 0 Å². The molecule has 2 aromatic heterocycles. The second-order valence-corrected chi connectivity index (χ2v) is 9.28. The Labute approximate surface area is 214 Å². The van der Waals surface area contributed by atoms with Crippen LogP contribution in [0.25, 0.3) is 39.0 Å². The van der Waals surface area contributed by atoms with E-state index < -0.39 is 36.1 Å². The van der Waals surface area contributed by atoms with E-state index in [-0.39, 0.29) is 35.8 Å². The topological polar surface area (TPSA) is 107 Å². The molecule has 7 rings (SSSR count). The molecule has 9 nitrogen and oxygen atoms in total. The van der Waals surface area contributed by atoms with Gasteiger partial charge in [0, 0.05) is 6.07 Å². The Kier molecular flexibility index (Phi) is 5.43. The molecule has 4 heterocycles. The van der Waals surface area contributed by atoms with Crippen LogP contribution in [0.3, 0.4) is 0 Å². The number of aliphatic hydroxyl groups is 1. The van der Waals surface area contributed by atoms with E-state index in [0.717, 1.165) is 16.8 Å². The van der Waals surface area contributed by atoms with Gasteiger partial charge < -0.3 is 24.3 Å². The molecule has 0 aliphatic carbocycles. The number of aromatic nitrogens is 5. The van der Waals surface area contributed by atoms with Gasteiger partial charge in [0.2, 0.25) is 0 Å². The Hall–Kier alpha value is -4.19. The van der Waals surface area contributed by atoms with Crippen LogP contribution in [0, 0.1) is 11.6 Å². The predicted molar refractivity (Wildman–Crippen MR) is 132 cm³/mol. The number of halogens is 2. The van der Waals surface area contributed by atoms with E-state index in [2.05, 4.69) is 20.3 Å². The quantitative estimate of drug-likeness (QED) is 0.366. The Morgan fingerprint density at radius 3 is 2.39 bits per heavy atom. The lowest BCUT2D eigenvalue weighted by atomic mass is 9.99. The van der Waals surface area contributed by atoms with E-state index >= 15 is 8.78 Å². The number of nitrogens with one attached hydrogen (secondary N) is 1. The van der Waals surface area contributed by atoms with Gasteiger partial charge in [0.15, 0.2) is 11.9 Å². The molecule has 0 spiro atoms. The maximum absolute atomic E-state index is 15.5. The summed E-state index contributed by atoms with van der Waals surface area (Å²) in [4.78, 5) is 7.05. The van der Waals surface area contributed by atoms with E-state index in [1.54, 1.807) is 29.2 Å². The number of benzene rings is 3. The van der Waals surface area contributed by atoms with Gasteiger partial charge >= 0.3 is 0 Å². The highest BCUT2D eigenvalue weighted by atomic mass is 19.1. The van der Waals surface area contributed by atoms with E-state index in [1.165, 1.54) is 6.07 Å². The standard InChI is InChI=1S/C27H21F2N5O4/c28-18-11-19-24(32-27(31-19)38-21-13-37-25-20(35)12-36-26(21)25)23(29)22(18)16-3-1-14(2-4-16)15-5-7-17(8-6-15)34-10-9-30-33-34/h1-11,20-21,25-26,35H,12-13H2,(H,31,32). The number of imidazole rings is 1. The summed E-state index contributed by atoms with van der Waals surface area (Å²) in [5.74, 6) is -1.51. The van der Waals surface area contributed by atoms with Crippen LogP contribution >= 0.6 is 0 Å². The average molecular weight is 517 g/mol. The lowest BCUT2D eigenvalue weighted by Crippen LogP contribution is -2.34. The molecular weight excluding hydrogens is 496 g/mol. The van der Waals surface area contributed by atoms with Crippen molar-refractivity contribution in [1.82, 2.24) is 25.0 Å². The van der Waals surface area contributed by atoms with Crippen molar-refractivity contribution in [2.24, 2.45) is 0 Å². The number of nitrogens with zero attached hydrogens (tertiary/aromatic N) is 4. The van der Waals surface area contributed by atoms with E-state index in [1.807, 2.05) is 36.4 Å². The summed E-state index contributed by atoms with van der Waals surface area (Å²) in [6.45, 7) is 0.354. The van der Waals surface area contributed by atoms with Gasteiger partial charge in [0.05, 0.1) is 42.4 Å². The Balaban J connectivity index is 1.14. The number of H-pyrrole nitrogens is 1. The number of aromatic amines is 1. The molecule has 0 radical (unpaired) electrons. The first-order valence-corrected chi connectivity index (χ1v) is 12.1. The van der Waals surface area contributed by atoms with Crippen LogP contribution in [-0.4, -0.2) is 67.7 Å². The molecule has 38 heavy (non-hydrogen) atoms. The summed E-state index contributed by atoms with van der Waals surface area (Å²) in [7, 11) is 0. The SMILES string of the molecule is OC1COC2C(Oc3nc4c(F)c(-c5ccc(-c6ccc(-n7ccnn7)cc6)cc5)c(F)cc4[nH]3)COC12. The molecule has 0 saturated carbocycles. The average Bonchev–Trinajstić information content (AvgIpc) is 3.73. The minimum Gasteiger partial charge on any atom is -0.456 e. The largest absolute Gasteiger partial charge is 0.456 e. The van der Waals surface area contributed by atoms with Gasteiger partial charge in [0.25, 0.3) is 6.01 Å². The summed E-state index contributed by atoms with van der Waals surface area (Å²) in [5.41, 5.74) is 3.07. The molecule has 0 bridgehead atoms. The first-order valence-electron chi connectivity index (χ1n) is 12.1. The zero-order chi connectivity index (χ0) is 25.8. The normalized spacial score (nSPS) is 22.7. The minimum atomic E-state index is -0.788. The summed E-state index contributed by atoms with van der Waals surface area (Å²) in [5, 5.41) is 17.7. The molecule has 2 fully saturated rings. The number of rotatable bonds is 5. The lowest BCUT2D eigenvalue weighted by molar-refractivity contribution is 0.00706. The Morgan fingerprint density at radius 2 is 1.66 bits per heavy atom. The number of aliphatic hydroxyl groups excluding tert-OH is 1. The molecule has 192 valence electrons. The van der Waals surface area contributed by atoms with Gasteiger partial charge in [-0.25, -0.2) is 13.5 Å². The van der Waals surface area contributed by atoms with Crippen LogP contribution in [0.15, 0.2) is 67.0 Å². The van der Waals surface area contributed by atoms with Crippen molar-refractivity contribution in [3.05, 3.63) is 78.6 Å². The van der Waals surface area contributed by atoms with Crippen LogP contribution in [-0.2, 0) is 9.47 Å². The predicted octanol–water partition coefficient (Wildman–Crippen LogP) is 3.66. The second-order valence-electron chi connectivity index (χ2n) is 9.28. The fourth-order valence-electron chi connectivity index (χ4n) is 5.05. The van der Waals surface area contributed by atoms with Crippen LogP contribution in [0.2, 0.25) is 0 Å². The molecule has 5 aromatic rings. The second kappa shape index (κ2) is 8.98. The van der Waals surface area contributed by atoms with E-state index in [0.29, 0.717) is 5.56 Å². The third kappa shape index (κ3) is 3.83. The fraction of sp³-hybridized carbons (Fsp3) is 0.222. The smallest absolute Gasteiger partial charge is 0.295 e. The summed E-state index contributed by atoms with van der Waals surface area (Å²) >= 11 is 0. The molecule has 0 amide bonds. The first kappa shape index (κ1) is 23.0. The highest BCUT2D eigenvalue weighted by Crippen LogP contribution is 2.35. The number of hydrogen-bond donors (Lipinski definition) is 2.